The Morgan fingerprint density at radius 2 is 1.80 bits per heavy atom. The molecule has 0 atom stereocenters. The van der Waals surface area contributed by atoms with Crippen LogP contribution < -0.4 is 5.32 Å². The quantitative estimate of drug-likeness (QED) is 0.495. The average Bonchev–Trinajstić information content (AvgIpc) is 3.23. The Morgan fingerprint density at radius 1 is 1.03 bits per heavy atom. The Bertz CT molecular complexity index is 1140. The van der Waals surface area contributed by atoms with E-state index in [1.54, 1.807) is 31.2 Å². The summed E-state index contributed by atoms with van der Waals surface area (Å²) in [6.45, 7) is 1.42. The molecule has 152 valence electrons. The number of pyridine rings is 1. The molecule has 0 spiro atoms. The van der Waals surface area contributed by atoms with E-state index in [-0.39, 0.29) is 18.3 Å². The number of benzene rings is 2. The third-order valence-electron chi connectivity index (χ3n) is 5.27. The number of esters is 1. The van der Waals surface area contributed by atoms with Crippen LogP contribution in [0.15, 0.2) is 48.5 Å². The molecule has 0 saturated carbocycles. The van der Waals surface area contributed by atoms with E-state index in [0.29, 0.717) is 23.2 Å². The lowest BCUT2D eigenvalue weighted by Gasteiger charge is -2.12. The number of ketones is 1. The van der Waals surface area contributed by atoms with Crippen LogP contribution in [0.3, 0.4) is 0 Å². The summed E-state index contributed by atoms with van der Waals surface area (Å²) in [4.78, 5) is 41.5. The van der Waals surface area contributed by atoms with Crippen molar-refractivity contribution >= 4 is 34.3 Å². The molecule has 3 aromatic rings. The second-order valence-electron chi connectivity index (χ2n) is 7.26. The van der Waals surface area contributed by atoms with Crippen molar-refractivity contribution < 1.29 is 19.1 Å². The van der Waals surface area contributed by atoms with Crippen molar-refractivity contribution in [3.05, 3.63) is 70.9 Å². The van der Waals surface area contributed by atoms with Gasteiger partial charge in [-0.2, -0.15) is 0 Å². The van der Waals surface area contributed by atoms with Gasteiger partial charge in [0, 0.05) is 28.8 Å². The second kappa shape index (κ2) is 8.45. The number of aromatic nitrogens is 1. The van der Waals surface area contributed by atoms with Gasteiger partial charge in [-0.3, -0.25) is 14.6 Å². The first kappa shape index (κ1) is 19.8. The number of anilines is 1. The van der Waals surface area contributed by atoms with Gasteiger partial charge < -0.3 is 10.1 Å². The minimum Gasteiger partial charge on any atom is -0.454 e. The first-order valence-corrected chi connectivity index (χ1v) is 10.1. The highest BCUT2D eigenvalue weighted by atomic mass is 16.5. The van der Waals surface area contributed by atoms with Crippen LogP contribution in [-0.4, -0.2) is 29.3 Å². The van der Waals surface area contributed by atoms with Crippen molar-refractivity contribution in [1.82, 2.24) is 4.98 Å². The Morgan fingerprint density at radius 3 is 2.57 bits per heavy atom. The topological polar surface area (TPSA) is 85.4 Å². The van der Waals surface area contributed by atoms with Crippen LogP contribution in [0.2, 0.25) is 0 Å². The zero-order valence-electron chi connectivity index (χ0n) is 16.7. The number of hydrogen-bond donors (Lipinski definition) is 1. The predicted octanol–water partition coefficient (Wildman–Crippen LogP) is 4.11. The second-order valence-corrected chi connectivity index (χ2v) is 7.26. The highest BCUT2D eigenvalue weighted by Crippen LogP contribution is 2.30. The maximum Gasteiger partial charge on any atom is 0.339 e. The van der Waals surface area contributed by atoms with Gasteiger partial charge in [-0.15, -0.1) is 0 Å². The maximum absolute atomic E-state index is 12.9. The van der Waals surface area contributed by atoms with Gasteiger partial charge in [0.25, 0.3) is 0 Å². The average molecular weight is 402 g/mol. The fourth-order valence-electron chi connectivity index (χ4n) is 3.72. The predicted molar refractivity (Wildman–Crippen MR) is 114 cm³/mol. The van der Waals surface area contributed by atoms with Crippen LogP contribution in [0.4, 0.5) is 5.69 Å². The highest BCUT2D eigenvalue weighted by Gasteiger charge is 2.25. The molecule has 6 heteroatoms. The summed E-state index contributed by atoms with van der Waals surface area (Å²) in [5, 5.41) is 3.48. The summed E-state index contributed by atoms with van der Waals surface area (Å²) in [6.07, 6.45) is 2.97. The van der Waals surface area contributed by atoms with Gasteiger partial charge in [-0.1, -0.05) is 25.1 Å². The fraction of sp³-hybridized carbons (Fsp3) is 0.250. The number of amides is 1. The van der Waals surface area contributed by atoms with E-state index in [9.17, 15) is 14.4 Å². The molecule has 0 radical (unpaired) electrons. The summed E-state index contributed by atoms with van der Waals surface area (Å²) < 4.78 is 5.40. The zero-order valence-corrected chi connectivity index (χ0v) is 16.7. The van der Waals surface area contributed by atoms with E-state index in [1.165, 1.54) is 0 Å². The standard InChI is InChI=1S/C24H22N2O4/c1-2-22(28)25-16-12-10-15(11-13-16)21(27)14-30-24(29)23-17-6-3-4-8-19(17)26-20-9-5-7-18(20)23/h3-4,6,8,10-13H,2,5,7,9,14H2,1H3,(H,25,28). The molecule has 1 amide bonds. The molecule has 6 nitrogen and oxygen atoms in total. The van der Waals surface area contributed by atoms with Gasteiger partial charge in [-0.05, 0) is 55.2 Å². The molecule has 2 aromatic carbocycles. The molecular formula is C24H22N2O4. The number of hydrogen-bond acceptors (Lipinski definition) is 5. The number of fused-ring (bicyclic) bond motifs is 2. The van der Waals surface area contributed by atoms with E-state index < -0.39 is 5.97 Å². The third kappa shape index (κ3) is 3.94. The van der Waals surface area contributed by atoms with Crippen LogP contribution in [0.25, 0.3) is 10.9 Å². The molecule has 0 unspecified atom stereocenters. The summed E-state index contributed by atoms with van der Waals surface area (Å²) >= 11 is 0. The molecule has 1 N–H and O–H groups in total. The molecule has 4 rings (SSSR count). The molecule has 0 fully saturated rings. The molecule has 1 aromatic heterocycles. The lowest BCUT2D eigenvalue weighted by molar-refractivity contribution is -0.115. The van der Waals surface area contributed by atoms with E-state index in [1.807, 2.05) is 24.3 Å². The highest BCUT2D eigenvalue weighted by molar-refractivity contribution is 6.06. The number of aryl methyl sites for hydroxylation is 1. The lowest BCUT2D eigenvalue weighted by Crippen LogP contribution is -2.16. The van der Waals surface area contributed by atoms with E-state index in [2.05, 4.69) is 10.3 Å². The van der Waals surface area contributed by atoms with E-state index in [0.717, 1.165) is 41.4 Å². The summed E-state index contributed by atoms with van der Waals surface area (Å²) in [5.41, 5.74) is 4.20. The Hall–Kier alpha value is -3.54. The number of Topliss-reactive ketones (excluding diaryl/α,β-unsaturated/α-hetero) is 1. The van der Waals surface area contributed by atoms with Gasteiger partial charge >= 0.3 is 5.97 Å². The fourth-order valence-corrected chi connectivity index (χ4v) is 3.72. The molecular weight excluding hydrogens is 380 g/mol. The Labute approximate surface area is 174 Å². The van der Waals surface area contributed by atoms with Crippen LogP contribution in [-0.2, 0) is 22.4 Å². The third-order valence-corrected chi connectivity index (χ3v) is 5.27. The first-order chi connectivity index (χ1) is 14.6. The smallest absolute Gasteiger partial charge is 0.339 e. The van der Waals surface area contributed by atoms with Crippen molar-refractivity contribution in [2.24, 2.45) is 0 Å². The number of ether oxygens (including phenoxy) is 1. The Kier molecular flexibility index (Phi) is 5.57. The lowest BCUT2D eigenvalue weighted by atomic mass is 10.0. The molecule has 30 heavy (non-hydrogen) atoms. The van der Waals surface area contributed by atoms with Gasteiger partial charge in [-0.25, -0.2) is 4.79 Å². The monoisotopic (exact) mass is 402 g/mol. The van der Waals surface area contributed by atoms with Crippen molar-refractivity contribution in [3.8, 4) is 0 Å². The van der Waals surface area contributed by atoms with Crippen molar-refractivity contribution in [2.75, 3.05) is 11.9 Å². The summed E-state index contributed by atoms with van der Waals surface area (Å²) in [7, 11) is 0. The number of carbonyl (C=O) groups is 3. The number of nitrogens with one attached hydrogen (secondary N) is 1. The van der Waals surface area contributed by atoms with Gasteiger partial charge in [0.2, 0.25) is 5.91 Å². The molecule has 0 saturated heterocycles. The van der Waals surface area contributed by atoms with Crippen LogP contribution in [0.1, 0.15) is 51.7 Å². The molecule has 0 aliphatic heterocycles. The van der Waals surface area contributed by atoms with Gasteiger partial charge in [0.1, 0.15) is 0 Å². The molecule has 1 aliphatic carbocycles. The van der Waals surface area contributed by atoms with E-state index >= 15 is 0 Å². The van der Waals surface area contributed by atoms with Gasteiger partial charge in [0.05, 0.1) is 11.1 Å². The maximum atomic E-state index is 12.9. The van der Waals surface area contributed by atoms with Crippen molar-refractivity contribution in [3.63, 3.8) is 0 Å². The number of nitrogens with zero attached hydrogens (tertiary/aromatic N) is 1. The van der Waals surface area contributed by atoms with Crippen molar-refractivity contribution in [2.45, 2.75) is 32.6 Å². The normalized spacial score (nSPS) is 12.4. The summed E-state index contributed by atoms with van der Waals surface area (Å²) in [5.74, 6) is -0.890. The number of rotatable bonds is 6. The summed E-state index contributed by atoms with van der Waals surface area (Å²) in [6, 6.07) is 14.0. The largest absolute Gasteiger partial charge is 0.454 e. The van der Waals surface area contributed by atoms with Crippen LogP contribution >= 0.6 is 0 Å². The van der Waals surface area contributed by atoms with Gasteiger partial charge in [0.15, 0.2) is 12.4 Å². The molecule has 0 bridgehead atoms. The number of para-hydroxylation sites is 1. The SMILES string of the molecule is CCC(=O)Nc1ccc(C(=O)COC(=O)c2c3c(nc4ccccc24)CCC3)cc1. The van der Waals surface area contributed by atoms with Crippen LogP contribution in [0, 0.1) is 0 Å². The minimum absolute atomic E-state index is 0.0971. The Balaban J connectivity index is 1.49. The van der Waals surface area contributed by atoms with Crippen LogP contribution in [0.5, 0.6) is 0 Å². The van der Waals surface area contributed by atoms with Crippen molar-refractivity contribution in [1.29, 1.82) is 0 Å². The number of carbonyl (C=O) groups excluding carboxylic acids is 3. The zero-order chi connectivity index (χ0) is 21.1. The van der Waals surface area contributed by atoms with E-state index in [4.69, 9.17) is 4.74 Å². The molecule has 1 heterocycles. The minimum atomic E-state index is -0.494. The first-order valence-electron chi connectivity index (χ1n) is 10.1. The molecule has 1 aliphatic rings.